The Morgan fingerprint density at radius 2 is 1.06 bits per heavy atom. The van der Waals surface area contributed by atoms with E-state index in [1.807, 2.05) is 0 Å². The Labute approximate surface area is 106 Å². The lowest BCUT2D eigenvalue weighted by atomic mass is 10.4. The van der Waals surface area contributed by atoms with Gasteiger partial charge in [0.05, 0.1) is 0 Å². The fraction of sp³-hybridized carbons (Fsp3) is 1.00. The van der Waals surface area contributed by atoms with E-state index in [0.29, 0.717) is 0 Å². The molecule has 0 spiro atoms. The molecule has 2 heterocycles. The smallest absolute Gasteiger partial charge is 0.0478 e. The lowest BCUT2D eigenvalue weighted by Crippen LogP contribution is -2.22. The lowest BCUT2D eigenvalue weighted by Gasteiger charge is -2.15. The van der Waals surface area contributed by atoms with E-state index in [2.05, 4.69) is 9.80 Å². The molecular weight excluding hydrogens is 212 g/mol. The van der Waals surface area contributed by atoms with E-state index in [9.17, 15) is 0 Å². The molecule has 100 valence electrons. The van der Waals surface area contributed by atoms with Gasteiger partial charge in [0, 0.05) is 26.3 Å². The highest BCUT2D eigenvalue weighted by molar-refractivity contribution is 4.66. The van der Waals surface area contributed by atoms with Crippen LogP contribution >= 0.6 is 0 Å². The minimum atomic E-state index is 0.955. The number of ether oxygens (including phenoxy) is 1. The summed E-state index contributed by atoms with van der Waals surface area (Å²) in [6.45, 7) is 9.65. The van der Waals surface area contributed by atoms with E-state index in [0.717, 1.165) is 13.2 Å². The molecule has 3 heteroatoms. The van der Waals surface area contributed by atoms with Gasteiger partial charge in [0.2, 0.25) is 0 Å². The molecule has 2 rings (SSSR count). The molecule has 0 bridgehead atoms. The van der Waals surface area contributed by atoms with Crippen LogP contribution in [0.1, 0.15) is 38.5 Å². The minimum absolute atomic E-state index is 0.955. The molecular formula is C14H28N2O. The van der Waals surface area contributed by atoms with Gasteiger partial charge in [-0.15, -0.1) is 0 Å². The Kier molecular flexibility index (Phi) is 6.32. The number of nitrogens with zero attached hydrogens (tertiary/aromatic N) is 2. The van der Waals surface area contributed by atoms with Gasteiger partial charge < -0.3 is 14.5 Å². The van der Waals surface area contributed by atoms with E-state index < -0.39 is 0 Å². The van der Waals surface area contributed by atoms with Crippen LogP contribution in [0.4, 0.5) is 0 Å². The number of hydrogen-bond acceptors (Lipinski definition) is 3. The van der Waals surface area contributed by atoms with Gasteiger partial charge in [0.15, 0.2) is 0 Å². The molecule has 0 radical (unpaired) electrons. The number of likely N-dealkylation sites (tertiary alicyclic amines) is 2. The maximum atomic E-state index is 5.70. The highest BCUT2D eigenvalue weighted by Crippen LogP contribution is 2.08. The van der Waals surface area contributed by atoms with Crippen LogP contribution in [0.3, 0.4) is 0 Å². The summed E-state index contributed by atoms with van der Waals surface area (Å²) in [5.41, 5.74) is 0. The standard InChI is InChI=1S/C14H28N2O/c1-2-8-15(7-1)11-5-13-17-14-6-12-16-9-3-4-10-16/h1-14H2. The van der Waals surface area contributed by atoms with Gasteiger partial charge in [-0.1, -0.05) is 0 Å². The van der Waals surface area contributed by atoms with Crippen LogP contribution in [-0.4, -0.2) is 62.3 Å². The van der Waals surface area contributed by atoms with Gasteiger partial charge >= 0.3 is 0 Å². The number of rotatable bonds is 8. The Balaban J connectivity index is 1.33. The summed E-state index contributed by atoms with van der Waals surface area (Å²) in [4.78, 5) is 5.13. The van der Waals surface area contributed by atoms with Crippen molar-refractivity contribution >= 4 is 0 Å². The summed E-state index contributed by atoms with van der Waals surface area (Å²) in [6, 6.07) is 0. The summed E-state index contributed by atoms with van der Waals surface area (Å²) >= 11 is 0. The first kappa shape index (κ1) is 13.3. The molecule has 0 aromatic heterocycles. The lowest BCUT2D eigenvalue weighted by molar-refractivity contribution is 0.114. The van der Waals surface area contributed by atoms with Gasteiger partial charge in [0.1, 0.15) is 0 Å². The first-order chi connectivity index (χ1) is 8.45. The zero-order chi connectivity index (χ0) is 11.8. The predicted octanol–water partition coefficient (Wildman–Crippen LogP) is 1.97. The largest absolute Gasteiger partial charge is 0.381 e. The quantitative estimate of drug-likeness (QED) is 0.603. The van der Waals surface area contributed by atoms with Gasteiger partial charge in [-0.25, -0.2) is 0 Å². The first-order valence-electron chi connectivity index (χ1n) is 7.47. The van der Waals surface area contributed by atoms with Crippen molar-refractivity contribution < 1.29 is 4.74 Å². The van der Waals surface area contributed by atoms with Gasteiger partial charge in [-0.2, -0.15) is 0 Å². The normalized spacial score (nSPS) is 22.6. The first-order valence-corrected chi connectivity index (χ1v) is 7.47. The van der Waals surface area contributed by atoms with Gasteiger partial charge in [-0.05, 0) is 64.7 Å². The summed E-state index contributed by atoms with van der Waals surface area (Å²) < 4.78 is 5.70. The Morgan fingerprint density at radius 1 is 0.647 bits per heavy atom. The van der Waals surface area contributed by atoms with Crippen molar-refractivity contribution in [1.29, 1.82) is 0 Å². The third-order valence-electron chi connectivity index (χ3n) is 3.92. The molecule has 0 atom stereocenters. The van der Waals surface area contributed by atoms with Crippen molar-refractivity contribution in [3.8, 4) is 0 Å². The second-order valence-electron chi connectivity index (χ2n) is 5.42. The highest BCUT2D eigenvalue weighted by Gasteiger charge is 2.11. The third-order valence-corrected chi connectivity index (χ3v) is 3.92. The van der Waals surface area contributed by atoms with Crippen molar-refractivity contribution in [2.75, 3.05) is 52.5 Å². The molecule has 2 fully saturated rings. The van der Waals surface area contributed by atoms with Crippen LogP contribution in [0.5, 0.6) is 0 Å². The molecule has 0 unspecified atom stereocenters. The second kappa shape index (κ2) is 8.06. The van der Waals surface area contributed by atoms with Crippen molar-refractivity contribution in [2.24, 2.45) is 0 Å². The van der Waals surface area contributed by atoms with Crippen molar-refractivity contribution in [1.82, 2.24) is 9.80 Å². The van der Waals surface area contributed by atoms with Crippen LogP contribution in [-0.2, 0) is 4.74 Å². The molecule has 0 saturated carbocycles. The topological polar surface area (TPSA) is 15.7 Å². The monoisotopic (exact) mass is 240 g/mol. The van der Waals surface area contributed by atoms with Gasteiger partial charge in [-0.3, -0.25) is 0 Å². The van der Waals surface area contributed by atoms with Crippen LogP contribution in [0.2, 0.25) is 0 Å². The van der Waals surface area contributed by atoms with Gasteiger partial charge in [0.25, 0.3) is 0 Å². The predicted molar refractivity (Wildman–Crippen MR) is 71.4 cm³/mol. The number of hydrogen-bond donors (Lipinski definition) is 0. The average Bonchev–Trinajstić information content (AvgIpc) is 3.00. The Morgan fingerprint density at radius 3 is 1.47 bits per heavy atom. The summed E-state index contributed by atoms with van der Waals surface area (Å²) in [5, 5.41) is 0. The van der Waals surface area contributed by atoms with E-state index in [1.165, 1.54) is 77.8 Å². The van der Waals surface area contributed by atoms with E-state index in [-0.39, 0.29) is 0 Å². The van der Waals surface area contributed by atoms with E-state index >= 15 is 0 Å². The van der Waals surface area contributed by atoms with Crippen LogP contribution in [0.15, 0.2) is 0 Å². The van der Waals surface area contributed by atoms with Crippen molar-refractivity contribution in [3.63, 3.8) is 0 Å². The molecule has 2 aliphatic heterocycles. The summed E-state index contributed by atoms with van der Waals surface area (Å²) in [6.07, 6.45) is 8.02. The molecule has 3 nitrogen and oxygen atoms in total. The SMILES string of the molecule is C1CCN(CCCOCCCN2CCCC2)C1. The highest BCUT2D eigenvalue weighted by atomic mass is 16.5. The molecule has 17 heavy (non-hydrogen) atoms. The Hall–Kier alpha value is -0.120. The van der Waals surface area contributed by atoms with Crippen LogP contribution in [0.25, 0.3) is 0 Å². The maximum Gasteiger partial charge on any atom is 0.0478 e. The molecule has 0 aromatic rings. The molecule has 0 aliphatic carbocycles. The molecule has 2 aliphatic rings. The summed E-state index contributed by atoms with van der Waals surface area (Å²) in [5.74, 6) is 0. The fourth-order valence-electron chi connectivity index (χ4n) is 2.89. The fourth-order valence-corrected chi connectivity index (χ4v) is 2.89. The van der Waals surface area contributed by atoms with Crippen LogP contribution in [0, 0.1) is 0 Å². The third kappa shape index (κ3) is 5.36. The van der Waals surface area contributed by atoms with E-state index in [4.69, 9.17) is 4.74 Å². The second-order valence-corrected chi connectivity index (χ2v) is 5.42. The Bertz CT molecular complexity index is 167. The zero-order valence-corrected chi connectivity index (χ0v) is 11.2. The van der Waals surface area contributed by atoms with Crippen molar-refractivity contribution in [2.45, 2.75) is 38.5 Å². The maximum absolute atomic E-state index is 5.70. The summed E-state index contributed by atoms with van der Waals surface area (Å²) in [7, 11) is 0. The molecule has 0 amide bonds. The van der Waals surface area contributed by atoms with Crippen molar-refractivity contribution in [3.05, 3.63) is 0 Å². The van der Waals surface area contributed by atoms with Crippen LogP contribution < -0.4 is 0 Å². The van der Waals surface area contributed by atoms with E-state index in [1.54, 1.807) is 0 Å². The molecule has 0 aromatic carbocycles. The average molecular weight is 240 g/mol. The zero-order valence-electron chi connectivity index (χ0n) is 11.2. The minimum Gasteiger partial charge on any atom is -0.381 e. The molecule has 0 N–H and O–H groups in total. The molecule has 2 saturated heterocycles.